The van der Waals surface area contributed by atoms with E-state index in [4.69, 9.17) is 0 Å². The number of nitrogens with zero attached hydrogens (tertiary/aromatic N) is 6. The first-order valence-electron chi connectivity index (χ1n) is 12.1. The molecule has 1 N–H and O–H groups in total. The van der Waals surface area contributed by atoms with E-state index in [1.54, 1.807) is 0 Å². The summed E-state index contributed by atoms with van der Waals surface area (Å²) in [5, 5.41) is 3.61. The Hall–Kier alpha value is -1.65. The Morgan fingerprint density at radius 2 is 1.85 bits per heavy atom. The van der Waals surface area contributed by atoms with Gasteiger partial charge < -0.3 is 19.7 Å². The normalized spacial score (nSPS) is 22.7. The number of piperidine rings is 1. The number of likely N-dealkylation sites (tertiary alicyclic amines) is 1. The third kappa shape index (κ3) is 7.42. The zero-order chi connectivity index (χ0) is 22.2. The van der Waals surface area contributed by atoms with Crippen molar-refractivity contribution in [3.63, 3.8) is 0 Å². The SMILES string of the molecule is CN=C(NCCCN1CCN(Cc2ccccc2)CC1)N1CCC(C)C(n2ccnc2)C1.I. The number of halogens is 1. The van der Waals surface area contributed by atoms with Crippen molar-refractivity contribution in [1.29, 1.82) is 0 Å². The van der Waals surface area contributed by atoms with Crippen molar-refractivity contribution in [2.45, 2.75) is 32.4 Å². The summed E-state index contributed by atoms with van der Waals surface area (Å²) in [6, 6.07) is 11.3. The van der Waals surface area contributed by atoms with Crippen molar-refractivity contribution >= 4 is 29.9 Å². The molecule has 182 valence electrons. The summed E-state index contributed by atoms with van der Waals surface area (Å²) in [5.41, 5.74) is 1.42. The highest BCUT2D eigenvalue weighted by molar-refractivity contribution is 14.0. The molecule has 2 unspecified atom stereocenters. The van der Waals surface area contributed by atoms with Gasteiger partial charge in [0, 0.05) is 71.8 Å². The first-order valence-corrected chi connectivity index (χ1v) is 12.1. The molecule has 1 aromatic heterocycles. The molecule has 8 heteroatoms. The van der Waals surface area contributed by atoms with Gasteiger partial charge in [-0.3, -0.25) is 9.89 Å². The first kappa shape index (κ1) is 26.0. The highest BCUT2D eigenvalue weighted by atomic mass is 127. The van der Waals surface area contributed by atoms with Crippen LogP contribution in [0.25, 0.3) is 0 Å². The molecule has 4 rings (SSSR count). The topological polar surface area (TPSA) is 51.9 Å². The van der Waals surface area contributed by atoms with Crippen LogP contribution in [-0.4, -0.2) is 89.6 Å². The summed E-state index contributed by atoms with van der Waals surface area (Å²) in [7, 11) is 1.90. The minimum atomic E-state index is 0. The summed E-state index contributed by atoms with van der Waals surface area (Å²) in [5.74, 6) is 1.69. The molecule has 0 bridgehead atoms. The molecular weight excluding hydrogens is 525 g/mol. The molecule has 7 nitrogen and oxygen atoms in total. The number of aromatic nitrogens is 2. The minimum Gasteiger partial charge on any atom is -0.356 e. The van der Waals surface area contributed by atoms with E-state index >= 15 is 0 Å². The quantitative estimate of drug-likeness (QED) is 0.242. The van der Waals surface area contributed by atoms with Gasteiger partial charge in [0.2, 0.25) is 0 Å². The lowest BCUT2D eigenvalue weighted by Gasteiger charge is -2.39. The largest absolute Gasteiger partial charge is 0.356 e. The van der Waals surface area contributed by atoms with E-state index in [0.29, 0.717) is 12.0 Å². The van der Waals surface area contributed by atoms with Crippen LogP contribution in [0.2, 0.25) is 0 Å². The Labute approximate surface area is 216 Å². The van der Waals surface area contributed by atoms with Gasteiger partial charge in [-0.05, 0) is 30.9 Å². The van der Waals surface area contributed by atoms with E-state index in [9.17, 15) is 0 Å². The van der Waals surface area contributed by atoms with Crippen LogP contribution in [0, 0.1) is 5.92 Å². The molecule has 0 aliphatic carbocycles. The smallest absolute Gasteiger partial charge is 0.193 e. The molecule has 2 aliphatic rings. The summed E-state index contributed by atoms with van der Waals surface area (Å²) in [6.45, 7) is 12.2. The summed E-state index contributed by atoms with van der Waals surface area (Å²) < 4.78 is 2.25. The maximum Gasteiger partial charge on any atom is 0.193 e. The number of guanidine groups is 1. The number of benzene rings is 1. The molecule has 0 amide bonds. The third-order valence-electron chi connectivity index (χ3n) is 6.99. The Morgan fingerprint density at radius 1 is 1.09 bits per heavy atom. The number of imidazole rings is 1. The van der Waals surface area contributed by atoms with Gasteiger partial charge in [0.25, 0.3) is 0 Å². The lowest BCUT2D eigenvalue weighted by Crippen LogP contribution is -2.49. The van der Waals surface area contributed by atoms with E-state index in [0.717, 1.165) is 71.3 Å². The Bertz CT molecular complexity index is 819. The molecular formula is C25H40IN7. The first-order chi connectivity index (χ1) is 15.7. The third-order valence-corrected chi connectivity index (χ3v) is 6.99. The van der Waals surface area contributed by atoms with Crippen LogP contribution in [-0.2, 0) is 6.54 Å². The van der Waals surface area contributed by atoms with Gasteiger partial charge >= 0.3 is 0 Å². The molecule has 2 saturated heterocycles. The second-order valence-corrected chi connectivity index (χ2v) is 9.22. The molecule has 2 aliphatic heterocycles. The number of hydrogen-bond donors (Lipinski definition) is 1. The van der Waals surface area contributed by atoms with E-state index < -0.39 is 0 Å². The zero-order valence-electron chi connectivity index (χ0n) is 20.1. The van der Waals surface area contributed by atoms with Gasteiger partial charge in [-0.15, -0.1) is 24.0 Å². The lowest BCUT2D eigenvalue weighted by molar-refractivity contribution is 0.126. The van der Waals surface area contributed by atoms with Crippen molar-refractivity contribution in [2.24, 2.45) is 10.9 Å². The van der Waals surface area contributed by atoms with E-state index in [-0.39, 0.29) is 24.0 Å². The highest BCUT2D eigenvalue weighted by Gasteiger charge is 2.28. The standard InChI is InChI=1S/C25H39N7.HI/c1-22-9-13-31(20-24(22)32-14-11-27-21-32)25(26-2)28-10-6-12-29-15-17-30(18-16-29)19-23-7-4-3-5-8-23;/h3-5,7-8,11,14,21-22,24H,6,9-10,12-13,15-20H2,1-2H3,(H,26,28);1H. The number of hydrogen-bond acceptors (Lipinski definition) is 4. The second-order valence-electron chi connectivity index (χ2n) is 9.22. The van der Waals surface area contributed by atoms with Crippen LogP contribution in [0.5, 0.6) is 0 Å². The maximum absolute atomic E-state index is 4.57. The van der Waals surface area contributed by atoms with Crippen LogP contribution in [0.1, 0.15) is 31.4 Å². The predicted octanol–water partition coefficient (Wildman–Crippen LogP) is 3.17. The van der Waals surface area contributed by atoms with Crippen LogP contribution in [0.15, 0.2) is 54.0 Å². The monoisotopic (exact) mass is 565 g/mol. The van der Waals surface area contributed by atoms with Crippen LogP contribution < -0.4 is 5.32 Å². The van der Waals surface area contributed by atoms with Crippen molar-refractivity contribution in [1.82, 2.24) is 29.6 Å². The van der Waals surface area contributed by atoms with E-state index in [1.807, 2.05) is 19.6 Å². The van der Waals surface area contributed by atoms with Crippen molar-refractivity contribution in [2.75, 3.05) is 59.4 Å². The van der Waals surface area contributed by atoms with Crippen LogP contribution in [0.4, 0.5) is 0 Å². The fourth-order valence-corrected chi connectivity index (χ4v) is 4.94. The molecule has 2 aromatic rings. The molecule has 1 aromatic carbocycles. The van der Waals surface area contributed by atoms with Gasteiger partial charge in [-0.2, -0.15) is 0 Å². The molecule has 2 atom stereocenters. The van der Waals surface area contributed by atoms with Gasteiger partial charge in [-0.25, -0.2) is 4.98 Å². The molecule has 0 spiro atoms. The predicted molar refractivity (Wildman–Crippen MR) is 146 cm³/mol. The van der Waals surface area contributed by atoms with Crippen LogP contribution in [0.3, 0.4) is 0 Å². The zero-order valence-corrected chi connectivity index (χ0v) is 22.5. The number of rotatable bonds is 7. The minimum absolute atomic E-state index is 0. The second kappa shape index (κ2) is 13.3. The molecule has 33 heavy (non-hydrogen) atoms. The highest BCUT2D eigenvalue weighted by Crippen LogP contribution is 2.27. The van der Waals surface area contributed by atoms with Crippen LogP contribution >= 0.6 is 24.0 Å². The van der Waals surface area contributed by atoms with E-state index in [1.165, 1.54) is 12.0 Å². The Morgan fingerprint density at radius 3 is 2.55 bits per heavy atom. The molecule has 3 heterocycles. The van der Waals surface area contributed by atoms with Gasteiger partial charge in [-0.1, -0.05) is 37.3 Å². The Balaban J connectivity index is 0.00000306. The molecule has 0 radical (unpaired) electrons. The van der Waals surface area contributed by atoms with Crippen molar-refractivity contribution in [3.8, 4) is 0 Å². The number of aliphatic imine (C=N–C) groups is 1. The lowest BCUT2D eigenvalue weighted by atomic mass is 9.93. The molecule has 0 saturated carbocycles. The summed E-state index contributed by atoms with van der Waals surface area (Å²) in [4.78, 5) is 16.4. The maximum atomic E-state index is 4.57. The number of nitrogens with one attached hydrogen (secondary N) is 1. The van der Waals surface area contributed by atoms with Gasteiger partial charge in [0.15, 0.2) is 5.96 Å². The summed E-state index contributed by atoms with van der Waals surface area (Å²) in [6.07, 6.45) is 8.23. The fourth-order valence-electron chi connectivity index (χ4n) is 4.94. The molecule has 2 fully saturated rings. The fraction of sp³-hybridized carbons (Fsp3) is 0.600. The van der Waals surface area contributed by atoms with Crippen molar-refractivity contribution in [3.05, 3.63) is 54.6 Å². The Kier molecular flexibility index (Phi) is 10.5. The number of piperazine rings is 1. The van der Waals surface area contributed by atoms with Gasteiger partial charge in [0.1, 0.15) is 0 Å². The summed E-state index contributed by atoms with van der Waals surface area (Å²) >= 11 is 0. The average molecular weight is 566 g/mol. The van der Waals surface area contributed by atoms with E-state index in [2.05, 4.69) is 78.0 Å². The van der Waals surface area contributed by atoms with Gasteiger partial charge in [0.05, 0.1) is 12.4 Å². The average Bonchev–Trinajstić information content (AvgIpc) is 3.36. The van der Waals surface area contributed by atoms with Crippen molar-refractivity contribution < 1.29 is 0 Å².